The summed E-state index contributed by atoms with van der Waals surface area (Å²) in [4.78, 5) is 28.8. The summed E-state index contributed by atoms with van der Waals surface area (Å²) in [6, 6.07) is 15.1. The minimum absolute atomic E-state index is 0.0205. The average molecular weight is 639 g/mol. The van der Waals surface area contributed by atoms with Gasteiger partial charge in [-0.15, -0.1) is 0 Å². The highest BCUT2D eigenvalue weighted by Crippen LogP contribution is 2.31. The second-order valence-electron chi connectivity index (χ2n) is 10.1. The Hall–Kier alpha value is -2.78. The lowest BCUT2D eigenvalue weighted by Crippen LogP contribution is -2.53. The summed E-state index contributed by atoms with van der Waals surface area (Å²) in [5.74, 6) is -0.940. The van der Waals surface area contributed by atoms with Gasteiger partial charge in [-0.2, -0.15) is 0 Å². The number of anilines is 1. The molecule has 0 aliphatic rings. The summed E-state index contributed by atoms with van der Waals surface area (Å²) in [5, 5.41) is 3.93. The van der Waals surface area contributed by atoms with Crippen LogP contribution in [0, 0.1) is 13.8 Å². The highest BCUT2D eigenvalue weighted by molar-refractivity contribution is 7.92. The van der Waals surface area contributed by atoms with Gasteiger partial charge in [-0.05, 0) is 81.6 Å². The van der Waals surface area contributed by atoms with Crippen LogP contribution >= 0.6 is 34.8 Å². The van der Waals surface area contributed by atoms with Gasteiger partial charge in [-0.3, -0.25) is 13.9 Å². The van der Waals surface area contributed by atoms with Crippen molar-refractivity contribution >= 4 is 62.3 Å². The standard InChI is InChI=1S/C30H34Cl3N3O4S/c1-6-27(30(38)34-19(2)3)35(17-22-10-12-23(31)15-26(22)33)29(37)18-36(28-16-24(32)11-9-21(28)5)41(39,40)25-13-7-20(4)8-14-25/h7-16,19,27H,6,17-18H2,1-5H3,(H,34,38)/t27-/m1/s1. The van der Waals surface area contributed by atoms with E-state index in [0.29, 0.717) is 26.2 Å². The normalized spacial score (nSPS) is 12.2. The molecule has 0 fully saturated rings. The summed E-state index contributed by atoms with van der Waals surface area (Å²) in [7, 11) is -4.21. The first-order valence-corrected chi connectivity index (χ1v) is 15.7. The van der Waals surface area contributed by atoms with Crippen molar-refractivity contribution in [2.24, 2.45) is 0 Å². The van der Waals surface area contributed by atoms with E-state index < -0.39 is 28.5 Å². The minimum atomic E-state index is -4.21. The van der Waals surface area contributed by atoms with E-state index in [4.69, 9.17) is 34.8 Å². The van der Waals surface area contributed by atoms with Gasteiger partial charge in [-0.25, -0.2) is 8.42 Å². The molecule has 3 rings (SSSR count). The number of amides is 2. The third-order valence-corrected chi connectivity index (χ3v) is 9.10. The topological polar surface area (TPSA) is 86.8 Å². The van der Waals surface area contributed by atoms with Gasteiger partial charge in [0.15, 0.2) is 0 Å². The SMILES string of the molecule is CC[C@H](C(=O)NC(C)C)N(Cc1ccc(Cl)cc1Cl)C(=O)CN(c1cc(Cl)ccc1C)S(=O)(=O)c1ccc(C)cc1. The molecule has 3 aromatic carbocycles. The molecular formula is C30H34Cl3N3O4S. The first-order chi connectivity index (χ1) is 19.2. The number of nitrogens with zero attached hydrogens (tertiary/aromatic N) is 2. The maximum atomic E-state index is 14.2. The van der Waals surface area contributed by atoms with Crippen molar-refractivity contribution in [2.45, 2.75) is 64.6 Å². The molecule has 0 aliphatic carbocycles. The fourth-order valence-corrected chi connectivity index (χ4v) is 6.44. The first-order valence-electron chi connectivity index (χ1n) is 13.1. The van der Waals surface area contributed by atoms with Crippen LogP contribution in [-0.4, -0.2) is 43.8 Å². The van der Waals surface area contributed by atoms with Crippen molar-refractivity contribution in [3.8, 4) is 0 Å². The van der Waals surface area contributed by atoms with Crippen molar-refractivity contribution < 1.29 is 18.0 Å². The molecule has 1 N–H and O–H groups in total. The Morgan fingerprint density at radius 1 is 0.902 bits per heavy atom. The van der Waals surface area contributed by atoms with E-state index in [2.05, 4.69) is 5.32 Å². The largest absolute Gasteiger partial charge is 0.352 e. The molecule has 0 spiro atoms. The van der Waals surface area contributed by atoms with Gasteiger partial charge < -0.3 is 10.2 Å². The lowest BCUT2D eigenvalue weighted by atomic mass is 10.1. The molecule has 0 unspecified atom stereocenters. The number of benzene rings is 3. The molecule has 11 heteroatoms. The lowest BCUT2D eigenvalue weighted by molar-refractivity contribution is -0.140. The molecule has 0 bridgehead atoms. The van der Waals surface area contributed by atoms with E-state index in [0.717, 1.165) is 9.87 Å². The molecule has 2 amide bonds. The number of carbonyl (C=O) groups is 2. The zero-order chi connectivity index (χ0) is 30.5. The van der Waals surface area contributed by atoms with E-state index in [1.54, 1.807) is 56.3 Å². The van der Waals surface area contributed by atoms with Crippen LogP contribution in [-0.2, 0) is 26.2 Å². The van der Waals surface area contributed by atoms with Crippen molar-refractivity contribution in [1.82, 2.24) is 10.2 Å². The minimum Gasteiger partial charge on any atom is -0.352 e. The Kier molecular flexibility index (Phi) is 11.1. The third kappa shape index (κ3) is 8.16. The summed E-state index contributed by atoms with van der Waals surface area (Å²) in [6.07, 6.45) is 0.288. The summed E-state index contributed by atoms with van der Waals surface area (Å²) in [6.45, 7) is 8.42. The van der Waals surface area contributed by atoms with E-state index in [1.165, 1.54) is 23.1 Å². The van der Waals surface area contributed by atoms with E-state index >= 15 is 0 Å². The Morgan fingerprint density at radius 3 is 2.10 bits per heavy atom. The molecule has 1 atom stereocenters. The predicted molar refractivity (Wildman–Crippen MR) is 166 cm³/mol. The molecule has 7 nitrogen and oxygen atoms in total. The van der Waals surface area contributed by atoms with Crippen LogP contribution in [0.5, 0.6) is 0 Å². The van der Waals surface area contributed by atoms with Gasteiger partial charge in [0.2, 0.25) is 11.8 Å². The van der Waals surface area contributed by atoms with E-state index in [9.17, 15) is 18.0 Å². The average Bonchev–Trinajstić information content (AvgIpc) is 2.89. The molecule has 0 aromatic heterocycles. The fraction of sp³-hybridized carbons (Fsp3) is 0.333. The number of halogens is 3. The predicted octanol–water partition coefficient (Wildman–Crippen LogP) is 6.79. The number of nitrogens with one attached hydrogen (secondary N) is 1. The Balaban J connectivity index is 2.13. The van der Waals surface area contributed by atoms with Crippen LogP contribution in [0.25, 0.3) is 0 Å². The first kappa shape index (κ1) is 32.7. The number of carbonyl (C=O) groups excluding carboxylic acids is 2. The monoisotopic (exact) mass is 637 g/mol. The van der Waals surface area contributed by atoms with Gasteiger partial charge in [0.25, 0.3) is 10.0 Å². The number of aryl methyl sites for hydroxylation is 2. The third-order valence-electron chi connectivity index (χ3n) is 6.50. The number of rotatable bonds is 11. The molecule has 0 saturated heterocycles. The van der Waals surface area contributed by atoms with Gasteiger partial charge in [0, 0.05) is 27.7 Å². The van der Waals surface area contributed by atoms with Crippen molar-refractivity contribution in [1.29, 1.82) is 0 Å². The van der Waals surface area contributed by atoms with Crippen LogP contribution in [0.2, 0.25) is 15.1 Å². The zero-order valence-corrected chi connectivity index (χ0v) is 26.7. The van der Waals surface area contributed by atoms with Crippen LogP contribution < -0.4 is 9.62 Å². The summed E-state index contributed by atoms with van der Waals surface area (Å²) >= 11 is 18.8. The second-order valence-corrected chi connectivity index (χ2v) is 13.2. The van der Waals surface area contributed by atoms with Gasteiger partial charge in [0.05, 0.1) is 10.6 Å². The molecule has 220 valence electrons. The molecular weight excluding hydrogens is 605 g/mol. The lowest BCUT2D eigenvalue weighted by Gasteiger charge is -2.34. The van der Waals surface area contributed by atoms with Gasteiger partial charge >= 0.3 is 0 Å². The molecule has 0 radical (unpaired) electrons. The van der Waals surface area contributed by atoms with Crippen molar-refractivity contribution in [3.63, 3.8) is 0 Å². The fourth-order valence-electron chi connectivity index (χ4n) is 4.34. The van der Waals surface area contributed by atoms with Crippen molar-refractivity contribution in [2.75, 3.05) is 10.8 Å². The van der Waals surface area contributed by atoms with Gasteiger partial charge in [-0.1, -0.05) is 71.6 Å². The highest BCUT2D eigenvalue weighted by atomic mass is 35.5. The number of hydrogen-bond donors (Lipinski definition) is 1. The van der Waals surface area contributed by atoms with E-state index in [1.807, 2.05) is 20.8 Å². The summed E-state index contributed by atoms with van der Waals surface area (Å²) in [5.41, 5.74) is 2.32. The van der Waals surface area contributed by atoms with Crippen LogP contribution in [0.4, 0.5) is 5.69 Å². The second kappa shape index (κ2) is 13.9. The van der Waals surface area contributed by atoms with Crippen LogP contribution in [0.15, 0.2) is 65.6 Å². The molecule has 0 heterocycles. The summed E-state index contributed by atoms with van der Waals surface area (Å²) < 4.78 is 29.1. The van der Waals surface area contributed by atoms with E-state index in [-0.39, 0.29) is 35.5 Å². The molecule has 0 aliphatic heterocycles. The maximum absolute atomic E-state index is 14.2. The molecule has 0 saturated carbocycles. The smallest absolute Gasteiger partial charge is 0.264 e. The Labute approximate surface area is 257 Å². The maximum Gasteiger partial charge on any atom is 0.264 e. The van der Waals surface area contributed by atoms with Crippen LogP contribution in [0.1, 0.15) is 43.9 Å². The van der Waals surface area contributed by atoms with Crippen molar-refractivity contribution in [3.05, 3.63) is 92.4 Å². The zero-order valence-electron chi connectivity index (χ0n) is 23.6. The van der Waals surface area contributed by atoms with Crippen LogP contribution in [0.3, 0.4) is 0 Å². The number of hydrogen-bond acceptors (Lipinski definition) is 4. The Bertz CT molecular complexity index is 1510. The Morgan fingerprint density at radius 2 is 1.51 bits per heavy atom. The van der Waals surface area contributed by atoms with Gasteiger partial charge in [0.1, 0.15) is 12.6 Å². The molecule has 41 heavy (non-hydrogen) atoms. The molecule has 3 aromatic rings. The highest BCUT2D eigenvalue weighted by Gasteiger charge is 2.34. The quantitative estimate of drug-likeness (QED) is 0.251. The number of sulfonamides is 1.